The number of rotatable bonds is 6. The van der Waals surface area contributed by atoms with Crippen molar-refractivity contribution in [2.24, 2.45) is 11.1 Å². The fourth-order valence-electron chi connectivity index (χ4n) is 5.85. The molecule has 1 aliphatic carbocycles. The molecule has 2 heterocycles. The molecule has 9 heteroatoms. The average molecular weight is 484 g/mol. The number of nitrogens with zero attached hydrogens (tertiary/aromatic N) is 1. The Morgan fingerprint density at radius 1 is 1.03 bits per heavy atom. The molecule has 5 unspecified atom stereocenters. The van der Waals surface area contributed by atoms with E-state index in [-0.39, 0.29) is 40.9 Å². The minimum absolute atomic E-state index is 0.0464. The SMILES string of the molecule is NS(=O)(=O)c1cccc(C2NNC3CCC(NC(=O)C(c4ccccc4)N4CCCC4)CC32)c1. The molecule has 1 amide bonds. The normalized spacial score (nSPS) is 28.4. The van der Waals surface area contributed by atoms with Gasteiger partial charge in [-0.2, -0.15) is 0 Å². The van der Waals surface area contributed by atoms with Gasteiger partial charge in [0.2, 0.25) is 15.9 Å². The number of fused-ring (bicyclic) bond motifs is 1. The van der Waals surface area contributed by atoms with Crippen LogP contribution in [0.25, 0.3) is 0 Å². The molecular formula is C25H33N5O3S. The number of amides is 1. The number of hydrogen-bond acceptors (Lipinski definition) is 6. The van der Waals surface area contributed by atoms with Gasteiger partial charge in [-0.3, -0.25) is 15.1 Å². The van der Waals surface area contributed by atoms with Crippen LogP contribution in [0.15, 0.2) is 59.5 Å². The number of nitrogens with two attached hydrogens (primary N) is 1. The van der Waals surface area contributed by atoms with Crippen molar-refractivity contribution in [1.29, 1.82) is 0 Å². The van der Waals surface area contributed by atoms with Crippen LogP contribution in [0.5, 0.6) is 0 Å². The number of hydrogen-bond donors (Lipinski definition) is 4. The van der Waals surface area contributed by atoms with Crippen molar-refractivity contribution in [3.05, 3.63) is 65.7 Å². The largest absolute Gasteiger partial charge is 0.352 e. The highest BCUT2D eigenvalue weighted by atomic mass is 32.2. The second-order valence-corrected chi connectivity index (χ2v) is 11.3. The molecule has 0 radical (unpaired) electrons. The molecular weight excluding hydrogens is 450 g/mol. The van der Waals surface area contributed by atoms with Gasteiger partial charge in [-0.1, -0.05) is 42.5 Å². The topological polar surface area (TPSA) is 117 Å². The molecule has 34 heavy (non-hydrogen) atoms. The average Bonchev–Trinajstić information content (AvgIpc) is 3.50. The van der Waals surface area contributed by atoms with Crippen molar-refractivity contribution in [1.82, 2.24) is 21.1 Å². The molecule has 2 aliphatic heterocycles. The van der Waals surface area contributed by atoms with E-state index in [0.717, 1.165) is 56.3 Å². The molecule has 2 aromatic carbocycles. The third kappa shape index (κ3) is 4.89. The molecule has 5 N–H and O–H groups in total. The van der Waals surface area contributed by atoms with Gasteiger partial charge in [-0.25, -0.2) is 19.0 Å². The highest BCUT2D eigenvalue weighted by Crippen LogP contribution is 2.39. The van der Waals surface area contributed by atoms with Gasteiger partial charge in [0, 0.05) is 12.1 Å². The van der Waals surface area contributed by atoms with Crippen LogP contribution in [-0.2, 0) is 14.8 Å². The third-order valence-electron chi connectivity index (χ3n) is 7.51. The Hall–Kier alpha value is -2.30. The summed E-state index contributed by atoms with van der Waals surface area (Å²) in [5, 5.41) is 8.71. The van der Waals surface area contributed by atoms with Crippen LogP contribution in [0.1, 0.15) is 55.3 Å². The predicted molar refractivity (Wildman–Crippen MR) is 130 cm³/mol. The van der Waals surface area contributed by atoms with Crippen LogP contribution < -0.4 is 21.3 Å². The summed E-state index contributed by atoms with van der Waals surface area (Å²) in [4.78, 5) is 15.9. The van der Waals surface area contributed by atoms with Crippen molar-refractivity contribution in [3.63, 3.8) is 0 Å². The Morgan fingerprint density at radius 2 is 1.79 bits per heavy atom. The molecule has 0 bridgehead atoms. The maximum absolute atomic E-state index is 13.5. The second kappa shape index (κ2) is 9.75. The molecule has 5 atom stereocenters. The summed E-state index contributed by atoms with van der Waals surface area (Å²) in [6, 6.07) is 16.9. The van der Waals surface area contributed by atoms with E-state index in [1.807, 2.05) is 36.4 Å². The van der Waals surface area contributed by atoms with Crippen LogP contribution in [0.2, 0.25) is 0 Å². The summed E-state index contributed by atoms with van der Waals surface area (Å²) in [5.41, 5.74) is 8.66. The first-order valence-corrected chi connectivity index (χ1v) is 13.7. The molecule has 8 nitrogen and oxygen atoms in total. The third-order valence-corrected chi connectivity index (χ3v) is 8.42. The molecule has 1 saturated carbocycles. The number of carbonyl (C=O) groups is 1. The molecule has 3 fully saturated rings. The van der Waals surface area contributed by atoms with Gasteiger partial charge in [0.1, 0.15) is 6.04 Å². The molecule has 2 aromatic rings. The first-order chi connectivity index (χ1) is 16.4. The molecule has 3 aliphatic rings. The van der Waals surface area contributed by atoms with Crippen LogP contribution in [-0.4, -0.2) is 44.4 Å². The molecule has 0 spiro atoms. The summed E-state index contributed by atoms with van der Waals surface area (Å²) in [6.07, 6.45) is 4.92. The summed E-state index contributed by atoms with van der Waals surface area (Å²) in [7, 11) is -3.76. The predicted octanol–water partition coefficient (Wildman–Crippen LogP) is 1.97. The van der Waals surface area contributed by atoms with E-state index in [2.05, 4.69) is 21.1 Å². The zero-order valence-corrected chi connectivity index (χ0v) is 20.0. The summed E-state index contributed by atoms with van der Waals surface area (Å²) >= 11 is 0. The zero-order chi connectivity index (χ0) is 23.7. The zero-order valence-electron chi connectivity index (χ0n) is 19.2. The minimum atomic E-state index is -3.76. The monoisotopic (exact) mass is 483 g/mol. The molecule has 0 aromatic heterocycles. The van der Waals surface area contributed by atoms with Gasteiger partial charge < -0.3 is 5.32 Å². The number of benzene rings is 2. The van der Waals surface area contributed by atoms with E-state index >= 15 is 0 Å². The Morgan fingerprint density at radius 3 is 2.53 bits per heavy atom. The summed E-state index contributed by atoms with van der Waals surface area (Å²) in [6.45, 7) is 1.89. The van der Waals surface area contributed by atoms with Gasteiger partial charge in [0.15, 0.2) is 0 Å². The van der Waals surface area contributed by atoms with Gasteiger partial charge in [-0.05, 0) is 74.4 Å². The molecule has 5 rings (SSSR count). The van der Waals surface area contributed by atoms with E-state index in [1.165, 1.54) is 6.07 Å². The summed E-state index contributed by atoms with van der Waals surface area (Å²) in [5.74, 6) is 0.306. The van der Waals surface area contributed by atoms with Crippen molar-refractivity contribution in [2.75, 3.05) is 13.1 Å². The Labute approximate surface area is 201 Å². The van der Waals surface area contributed by atoms with Crippen LogP contribution in [0.3, 0.4) is 0 Å². The maximum atomic E-state index is 13.5. The van der Waals surface area contributed by atoms with Gasteiger partial charge in [-0.15, -0.1) is 0 Å². The van der Waals surface area contributed by atoms with E-state index < -0.39 is 10.0 Å². The number of nitrogens with one attached hydrogen (secondary N) is 3. The number of primary sulfonamides is 1. The lowest BCUT2D eigenvalue weighted by Crippen LogP contribution is -2.48. The van der Waals surface area contributed by atoms with Gasteiger partial charge in [0.05, 0.1) is 10.9 Å². The van der Waals surface area contributed by atoms with Crippen LogP contribution in [0.4, 0.5) is 0 Å². The van der Waals surface area contributed by atoms with Gasteiger partial charge in [0.25, 0.3) is 0 Å². The Bertz CT molecular complexity index is 1120. The second-order valence-electron chi connectivity index (χ2n) is 9.73. The lowest BCUT2D eigenvalue weighted by Gasteiger charge is -2.35. The van der Waals surface area contributed by atoms with E-state index in [0.29, 0.717) is 0 Å². The van der Waals surface area contributed by atoms with Crippen molar-refractivity contribution >= 4 is 15.9 Å². The minimum Gasteiger partial charge on any atom is -0.352 e. The number of hydrazine groups is 1. The van der Waals surface area contributed by atoms with E-state index in [4.69, 9.17) is 5.14 Å². The number of likely N-dealkylation sites (tertiary alicyclic amines) is 1. The molecule has 182 valence electrons. The lowest BCUT2D eigenvalue weighted by molar-refractivity contribution is -0.127. The van der Waals surface area contributed by atoms with E-state index in [9.17, 15) is 13.2 Å². The Kier molecular flexibility index (Phi) is 6.72. The van der Waals surface area contributed by atoms with Crippen molar-refractivity contribution < 1.29 is 13.2 Å². The molecule has 2 saturated heterocycles. The quantitative estimate of drug-likeness (QED) is 0.499. The smallest absolute Gasteiger partial charge is 0.242 e. The standard InChI is InChI=1S/C25H33N5O3S/c26-34(32,33)20-10-6-9-18(15-20)23-21-16-19(11-12-22(21)28-29-23)27-25(31)24(30-13-4-5-14-30)17-7-2-1-3-8-17/h1-3,6-10,15,19,21-24,28-29H,4-5,11-14,16H2,(H,27,31)(H2,26,32,33). The fraction of sp³-hybridized carbons (Fsp3) is 0.480. The fourth-order valence-corrected chi connectivity index (χ4v) is 6.42. The highest BCUT2D eigenvalue weighted by molar-refractivity contribution is 7.89. The first kappa shape index (κ1) is 23.4. The maximum Gasteiger partial charge on any atom is 0.242 e. The highest BCUT2D eigenvalue weighted by Gasteiger charge is 2.42. The number of sulfonamides is 1. The first-order valence-electron chi connectivity index (χ1n) is 12.1. The Balaban J connectivity index is 1.31. The van der Waals surface area contributed by atoms with E-state index in [1.54, 1.807) is 12.1 Å². The van der Waals surface area contributed by atoms with Crippen LogP contribution in [0, 0.1) is 5.92 Å². The van der Waals surface area contributed by atoms with Crippen LogP contribution >= 0.6 is 0 Å². The van der Waals surface area contributed by atoms with Gasteiger partial charge >= 0.3 is 0 Å². The van der Waals surface area contributed by atoms with Crippen molar-refractivity contribution in [2.45, 2.75) is 61.2 Å². The number of carbonyl (C=O) groups excluding carboxylic acids is 1. The van der Waals surface area contributed by atoms with Crippen molar-refractivity contribution in [3.8, 4) is 0 Å². The lowest BCUT2D eigenvalue weighted by atomic mass is 9.77. The summed E-state index contributed by atoms with van der Waals surface area (Å²) < 4.78 is 23.7.